The molecule has 2 rings (SSSR count). The summed E-state index contributed by atoms with van der Waals surface area (Å²) in [5.41, 5.74) is 5.42. The number of aromatic nitrogens is 2. The number of rotatable bonds is 4. The fourth-order valence-electron chi connectivity index (χ4n) is 2.16. The Balaban J connectivity index is 2.17. The molecule has 0 amide bonds. The first-order valence-corrected chi connectivity index (χ1v) is 7.81. The lowest BCUT2D eigenvalue weighted by atomic mass is 10.2. The second-order valence-corrected chi connectivity index (χ2v) is 6.48. The summed E-state index contributed by atoms with van der Waals surface area (Å²) in [6, 6.07) is 0. The third kappa shape index (κ3) is 2.90. The molecule has 0 saturated carbocycles. The number of sulfonamides is 1. The van der Waals surface area contributed by atoms with E-state index in [1.54, 1.807) is 15.2 Å². The molecule has 0 atom stereocenters. The van der Waals surface area contributed by atoms with Crippen molar-refractivity contribution in [2.75, 3.05) is 19.6 Å². The van der Waals surface area contributed by atoms with Crippen LogP contribution in [0.3, 0.4) is 0 Å². The van der Waals surface area contributed by atoms with Gasteiger partial charge in [0.2, 0.25) is 10.0 Å². The third-order valence-corrected chi connectivity index (χ3v) is 5.02. The van der Waals surface area contributed by atoms with Gasteiger partial charge in [-0.15, -0.1) is 0 Å². The van der Waals surface area contributed by atoms with Gasteiger partial charge in [-0.1, -0.05) is 12.8 Å². The molecule has 1 aliphatic rings. The molecule has 0 bridgehead atoms. The molecule has 6 nitrogen and oxygen atoms in total. The van der Waals surface area contributed by atoms with Crippen LogP contribution in [0.5, 0.6) is 0 Å². The molecule has 0 spiro atoms. The molecule has 2 N–H and O–H groups in total. The number of hydrogen-bond acceptors (Lipinski definition) is 4. The van der Waals surface area contributed by atoms with Gasteiger partial charge in [0, 0.05) is 25.8 Å². The number of nitrogens with zero attached hydrogens (tertiary/aromatic N) is 3. The van der Waals surface area contributed by atoms with Crippen LogP contribution < -0.4 is 5.73 Å². The Labute approximate surface area is 108 Å². The van der Waals surface area contributed by atoms with Crippen LogP contribution in [0, 0.1) is 0 Å². The van der Waals surface area contributed by atoms with E-state index in [1.807, 2.05) is 0 Å². The maximum atomic E-state index is 12.4. The lowest BCUT2D eigenvalue weighted by Crippen LogP contribution is -2.31. The van der Waals surface area contributed by atoms with Crippen LogP contribution in [-0.2, 0) is 16.6 Å². The van der Waals surface area contributed by atoms with Gasteiger partial charge >= 0.3 is 0 Å². The molecule has 0 radical (unpaired) electrons. The van der Waals surface area contributed by atoms with E-state index in [-0.39, 0.29) is 4.90 Å². The van der Waals surface area contributed by atoms with Gasteiger partial charge in [0.15, 0.2) is 0 Å². The summed E-state index contributed by atoms with van der Waals surface area (Å²) in [5.74, 6) is 0. The second kappa shape index (κ2) is 5.81. The summed E-state index contributed by atoms with van der Waals surface area (Å²) in [7, 11) is -3.37. The Morgan fingerprint density at radius 1 is 1.22 bits per heavy atom. The molecule has 0 aromatic carbocycles. The molecule has 2 heterocycles. The van der Waals surface area contributed by atoms with Gasteiger partial charge < -0.3 is 5.73 Å². The van der Waals surface area contributed by atoms with Gasteiger partial charge in [0.1, 0.15) is 4.90 Å². The lowest BCUT2D eigenvalue weighted by molar-refractivity contribution is 0.423. The monoisotopic (exact) mass is 272 g/mol. The summed E-state index contributed by atoms with van der Waals surface area (Å²) in [4.78, 5) is 0.276. The highest BCUT2D eigenvalue weighted by Crippen LogP contribution is 2.19. The summed E-state index contributed by atoms with van der Waals surface area (Å²) in [6.45, 7) is 2.22. The minimum Gasteiger partial charge on any atom is -0.329 e. The molecule has 1 aliphatic heterocycles. The fraction of sp³-hybridized carbons (Fsp3) is 0.727. The zero-order valence-electron chi connectivity index (χ0n) is 10.5. The average Bonchev–Trinajstić information content (AvgIpc) is 2.65. The summed E-state index contributed by atoms with van der Waals surface area (Å²) >= 11 is 0. The van der Waals surface area contributed by atoms with Crippen molar-refractivity contribution >= 4 is 10.0 Å². The molecule has 1 aromatic heterocycles. The minimum absolute atomic E-state index is 0.276. The van der Waals surface area contributed by atoms with Crippen LogP contribution in [0.15, 0.2) is 17.3 Å². The fourth-order valence-corrected chi connectivity index (χ4v) is 3.64. The Morgan fingerprint density at radius 3 is 2.50 bits per heavy atom. The van der Waals surface area contributed by atoms with Crippen molar-refractivity contribution in [1.29, 1.82) is 0 Å². The van der Waals surface area contributed by atoms with Crippen LogP contribution in [0.2, 0.25) is 0 Å². The van der Waals surface area contributed by atoms with E-state index < -0.39 is 10.0 Å². The quantitative estimate of drug-likeness (QED) is 0.860. The van der Waals surface area contributed by atoms with Crippen molar-refractivity contribution in [2.24, 2.45) is 5.73 Å². The highest BCUT2D eigenvalue weighted by Gasteiger charge is 2.26. The zero-order valence-corrected chi connectivity index (χ0v) is 11.3. The molecule has 0 aliphatic carbocycles. The van der Waals surface area contributed by atoms with E-state index in [0.717, 1.165) is 25.7 Å². The standard InChI is InChI=1S/C11H20N4O2S/c12-5-8-14-10-11(9-13-14)18(16,17)15-6-3-1-2-4-7-15/h9-10H,1-8,12H2. The molecule has 102 valence electrons. The predicted molar refractivity (Wildman–Crippen MR) is 68.5 cm³/mol. The van der Waals surface area contributed by atoms with Gasteiger partial charge in [0.25, 0.3) is 0 Å². The molecule has 7 heteroatoms. The molecule has 18 heavy (non-hydrogen) atoms. The van der Waals surface area contributed by atoms with Gasteiger partial charge in [-0.2, -0.15) is 9.40 Å². The van der Waals surface area contributed by atoms with Crippen LogP contribution in [0.25, 0.3) is 0 Å². The highest BCUT2D eigenvalue weighted by atomic mass is 32.2. The summed E-state index contributed by atoms with van der Waals surface area (Å²) in [5, 5.41) is 4.02. The summed E-state index contributed by atoms with van der Waals surface area (Å²) in [6.07, 6.45) is 7.08. The first-order valence-electron chi connectivity index (χ1n) is 6.37. The predicted octanol–water partition coefficient (Wildman–Crippen LogP) is 0.406. The van der Waals surface area contributed by atoms with E-state index in [1.165, 1.54) is 6.20 Å². The van der Waals surface area contributed by atoms with Gasteiger partial charge in [-0.25, -0.2) is 8.42 Å². The van der Waals surface area contributed by atoms with Crippen molar-refractivity contribution in [3.8, 4) is 0 Å². The van der Waals surface area contributed by atoms with E-state index in [9.17, 15) is 8.42 Å². The van der Waals surface area contributed by atoms with Gasteiger partial charge in [-0.3, -0.25) is 4.68 Å². The molecule has 1 fully saturated rings. The largest absolute Gasteiger partial charge is 0.329 e. The van der Waals surface area contributed by atoms with Crippen LogP contribution in [0.1, 0.15) is 25.7 Å². The smallest absolute Gasteiger partial charge is 0.246 e. The zero-order chi connectivity index (χ0) is 13.0. The summed E-state index contributed by atoms with van der Waals surface area (Å²) < 4.78 is 27.9. The topological polar surface area (TPSA) is 81.2 Å². The van der Waals surface area contributed by atoms with Crippen molar-refractivity contribution in [1.82, 2.24) is 14.1 Å². The van der Waals surface area contributed by atoms with Crippen LogP contribution in [-0.4, -0.2) is 42.1 Å². The van der Waals surface area contributed by atoms with E-state index in [0.29, 0.717) is 26.2 Å². The van der Waals surface area contributed by atoms with Crippen molar-refractivity contribution in [2.45, 2.75) is 37.1 Å². The number of hydrogen-bond donors (Lipinski definition) is 1. The number of nitrogens with two attached hydrogens (primary N) is 1. The normalized spacial score (nSPS) is 18.7. The Bertz CT molecular complexity index is 475. The van der Waals surface area contributed by atoms with Crippen LogP contribution >= 0.6 is 0 Å². The average molecular weight is 272 g/mol. The van der Waals surface area contributed by atoms with Gasteiger partial charge in [0.05, 0.1) is 12.7 Å². The maximum absolute atomic E-state index is 12.4. The van der Waals surface area contributed by atoms with E-state index in [2.05, 4.69) is 5.10 Å². The van der Waals surface area contributed by atoms with Crippen molar-refractivity contribution in [3.63, 3.8) is 0 Å². The third-order valence-electron chi connectivity index (χ3n) is 3.17. The van der Waals surface area contributed by atoms with Crippen LogP contribution in [0.4, 0.5) is 0 Å². The van der Waals surface area contributed by atoms with Crippen molar-refractivity contribution < 1.29 is 8.42 Å². The van der Waals surface area contributed by atoms with Crippen molar-refractivity contribution in [3.05, 3.63) is 12.4 Å². The molecule has 1 saturated heterocycles. The molecule has 0 unspecified atom stereocenters. The second-order valence-electron chi connectivity index (χ2n) is 4.55. The molecular formula is C11H20N4O2S. The SMILES string of the molecule is NCCn1cc(S(=O)(=O)N2CCCCCC2)cn1. The van der Waals surface area contributed by atoms with E-state index >= 15 is 0 Å². The van der Waals surface area contributed by atoms with E-state index in [4.69, 9.17) is 5.73 Å². The lowest BCUT2D eigenvalue weighted by Gasteiger charge is -2.18. The Morgan fingerprint density at radius 2 is 1.89 bits per heavy atom. The first kappa shape index (κ1) is 13.5. The Kier molecular flexibility index (Phi) is 4.36. The maximum Gasteiger partial charge on any atom is 0.246 e. The molecular weight excluding hydrogens is 252 g/mol. The minimum atomic E-state index is -3.37. The van der Waals surface area contributed by atoms with Gasteiger partial charge in [-0.05, 0) is 12.8 Å². The molecule has 1 aromatic rings. The Hall–Kier alpha value is -0.920. The highest BCUT2D eigenvalue weighted by molar-refractivity contribution is 7.89. The first-order chi connectivity index (χ1) is 8.64.